The van der Waals surface area contributed by atoms with Crippen LogP contribution in [0.3, 0.4) is 0 Å². The van der Waals surface area contributed by atoms with Gasteiger partial charge in [-0.05, 0) is 18.2 Å². The number of nitro benzene ring substituents is 1. The first-order valence-corrected chi connectivity index (χ1v) is 12.7. The van der Waals surface area contributed by atoms with Crippen molar-refractivity contribution in [2.45, 2.75) is 9.79 Å². The van der Waals surface area contributed by atoms with Crippen molar-refractivity contribution < 1.29 is 36.0 Å². The average Bonchev–Trinajstić information content (AvgIpc) is 2.83. The molecule has 2 aromatic rings. The van der Waals surface area contributed by atoms with E-state index in [0.29, 0.717) is 24.7 Å². The van der Waals surface area contributed by atoms with Crippen molar-refractivity contribution in [1.82, 2.24) is 8.61 Å². The quantitative estimate of drug-likeness (QED) is 0.421. The van der Waals surface area contributed by atoms with Crippen LogP contribution >= 0.6 is 0 Å². The maximum absolute atomic E-state index is 13.1. The smallest absolute Gasteiger partial charge is 0.273 e. The van der Waals surface area contributed by atoms with Crippen molar-refractivity contribution in [1.29, 1.82) is 0 Å². The molecule has 0 aromatic heterocycles. The van der Waals surface area contributed by atoms with Crippen LogP contribution in [-0.2, 0) is 20.0 Å². The van der Waals surface area contributed by atoms with Crippen LogP contribution in [0.1, 0.15) is 0 Å². The molecule has 0 radical (unpaired) electrons. The first kappa shape index (κ1) is 23.2. The van der Waals surface area contributed by atoms with Gasteiger partial charge in [-0.2, -0.15) is 8.61 Å². The minimum atomic E-state index is -4.07. The number of ether oxygens (including phenoxy) is 3. The monoisotopic (exact) mass is 499 g/mol. The summed E-state index contributed by atoms with van der Waals surface area (Å²) in [6.45, 7) is 0.392. The number of hydrogen-bond acceptors (Lipinski definition) is 9. The molecule has 178 valence electrons. The lowest BCUT2D eigenvalue weighted by atomic mass is 10.3. The molecule has 0 unspecified atom stereocenters. The number of nitrogens with zero attached hydrogens (tertiary/aromatic N) is 3. The van der Waals surface area contributed by atoms with E-state index in [2.05, 4.69) is 0 Å². The van der Waals surface area contributed by atoms with E-state index >= 15 is 0 Å². The van der Waals surface area contributed by atoms with Gasteiger partial charge >= 0.3 is 0 Å². The normalized spacial score (nSPS) is 17.5. The highest BCUT2D eigenvalue weighted by Gasteiger charge is 2.36. The Morgan fingerprint density at radius 1 is 0.879 bits per heavy atom. The largest absolute Gasteiger partial charge is 0.495 e. The van der Waals surface area contributed by atoms with E-state index in [1.54, 1.807) is 0 Å². The maximum atomic E-state index is 13.1. The molecule has 33 heavy (non-hydrogen) atoms. The zero-order valence-corrected chi connectivity index (χ0v) is 19.2. The van der Waals surface area contributed by atoms with Crippen LogP contribution in [0, 0.1) is 10.1 Å². The van der Waals surface area contributed by atoms with Gasteiger partial charge in [-0.15, -0.1) is 0 Å². The molecule has 1 fully saturated rings. The molecule has 0 aliphatic carbocycles. The van der Waals surface area contributed by atoms with Gasteiger partial charge in [0.05, 0.1) is 23.0 Å². The van der Waals surface area contributed by atoms with E-state index in [-0.39, 0.29) is 47.4 Å². The van der Waals surface area contributed by atoms with Gasteiger partial charge < -0.3 is 14.2 Å². The Morgan fingerprint density at radius 2 is 1.48 bits per heavy atom. The van der Waals surface area contributed by atoms with Gasteiger partial charge in [0.25, 0.3) is 5.69 Å². The number of rotatable bonds is 6. The fourth-order valence-corrected chi connectivity index (χ4v) is 6.60. The zero-order chi connectivity index (χ0) is 23.8. The lowest BCUT2D eigenvalue weighted by Crippen LogP contribution is -2.50. The average molecular weight is 500 g/mol. The second-order valence-corrected chi connectivity index (χ2v) is 11.1. The molecule has 0 N–H and O–H groups in total. The predicted molar refractivity (Wildman–Crippen MR) is 115 cm³/mol. The second kappa shape index (κ2) is 8.78. The number of methoxy groups -OCH3 is 1. The van der Waals surface area contributed by atoms with Gasteiger partial charge in [0.1, 0.15) is 23.9 Å². The number of hydrogen-bond donors (Lipinski definition) is 0. The van der Waals surface area contributed by atoms with Crippen LogP contribution in [0.25, 0.3) is 0 Å². The Morgan fingerprint density at radius 3 is 2.09 bits per heavy atom. The molecule has 0 atom stereocenters. The number of non-ortho nitro benzene ring substituents is 1. The van der Waals surface area contributed by atoms with E-state index in [9.17, 15) is 26.9 Å². The van der Waals surface area contributed by atoms with E-state index in [4.69, 9.17) is 14.2 Å². The molecule has 1 saturated heterocycles. The third-order valence-electron chi connectivity index (χ3n) is 5.32. The van der Waals surface area contributed by atoms with Gasteiger partial charge in [-0.25, -0.2) is 16.8 Å². The van der Waals surface area contributed by atoms with Crippen LogP contribution in [0.2, 0.25) is 0 Å². The van der Waals surface area contributed by atoms with Crippen molar-refractivity contribution in [2.24, 2.45) is 0 Å². The molecular weight excluding hydrogens is 478 g/mol. The van der Waals surface area contributed by atoms with Gasteiger partial charge in [0.2, 0.25) is 20.0 Å². The van der Waals surface area contributed by atoms with Crippen LogP contribution in [0.15, 0.2) is 46.2 Å². The summed E-state index contributed by atoms with van der Waals surface area (Å²) in [7, 11) is -6.73. The van der Waals surface area contributed by atoms with Crippen LogP contribution < -0.4 is 14.2 Å². The van der Waals surface area contributed by atoms with Crippen LogP contribution in [-0.4, -0.2) is 76.9 Å². The SMILES string of the molecule is COc1cc([N+](=O)[O-])ccc1S(=O)(=O)N1CCN(S(=O)(=O)c2ccc3c(c2)OCCO3)CC1. The minimum Gasteiger partial charge on any atom is -0.495 e. The highest BCUT2D eigenvalue weighted by atomic mass is 32.2. The van der Waals surface area contributed by atoms with E-state index < -0.39 is 25.0 Å². The number of sulfonamides is 2. The fourth-order valence-electron chi connectivity index (χ4n) is 3.61. The summed E-state index contributed by atoms with van der Waals surface area (Å²) in [6, 6.07) is 7.59. The summed E-state index contributed by atoms with van der Waals surface area (Å²) in [5.74, 6) is 0.650. The summed E-state index contributed by atoms with van der Waals surface area (Å²) in [4.78, 5) is 10.1. The molecule has 2 heterocycles. The third-order valence-corrected chi connectivity index (χ3v) is 9.16. The Balaban J connectivity index is 1.52. The molecule has 2 aromatic carbocycles. The molecular formula is C19H21N3O9S2. The predicted octanol–water partition coefficient (Wildman–Crippen LogP) is 1.07. The van der Waals surface area contributed by atoms with Crippen molar-refractivity contribution in [3.05, 3.63) is 46.5 Å². The molecule has 2 aliphatic heterocycles. The number of nitro groups is 1. The van der Waals surface area contributed by atoms with Crippen molar-refractivity contribution in [3.63, 3.8) is 0 Å². The van der Waals surface area contributed by atoms with Gasteiger partial charge in [0.15, 0.2) is 11.5 Å². The van der Waals surface area contributed by atoms with Crippen LogP contribution in [0.4, 0.5) is 5.69 Å². The van der Waals surface area contributed by atoms with E-state index in [1.807, 2.05) is 0 Å². The lowest BCUT2D eigenvalue weighted by Gasteiger charge is -2.33. The Kier molecular flexibility index (Phi) is 6.18. The summed E-state index contributed by atoms with van der Waals surface area (Å²) in [6.07, 6.45) is 0. The van der Waals surface area contributed by atoms with E-state index in [0.717, 1.165) is 22.5 Å². The zero-order valence-electron chi connectivity index (χ0n) is 17.5. The molecule has 0 spiro atoms. The highest BCUT2D eigenvalue weighted by Crippen LogP contribution is 2.34. The standard InChI is InChI=1S/C19H21N3O9S2/c1-29-18-12-14(22(23)24)2-5-19(18)33(27,28)21-8-6-20(7-9-21)32(25,26)15-3-4-16-17(13-15)31-11-10-30-16/h2-5,12-13H,6-11H2,1H3. The second-order valence-electron chi connectivity index (χ2n) is 7.21. The van der Waals surface area contributed by atoms with Gasteiger partial charge in [-0.1, -0.05) is 0 Å². The topological polar surface area (TPSA) is 146 Å². The summed E-state index contributed by atoms with van der Waals surface area (Å²) in [5, 5.41) is 11.0. The Bertz CT molecular complexity index is 1290. The van der Waals surface area contributed by atoms with Gasteiger partial charge in [0, 0.05) is 38.3 Å². The van der Waals surface area contributed by atoms with Gasteiger partial charge in [-0.3, -0.25) is 10.1 Å². The van der Waals surface area contributed by atoms with Crippen molar-refractivity contribution in [3.8, 4) is 17.2 Å². The maximum Gasteiger partial charge on any atom is 0.273 e. The number of fused-ring (bicyclic) bond motifs is 1. The van der Waals surface area contributed by atoms with Crippen LogP contribution in [0.5, 0.6) is 17.2 Å². The minimum absolute atomic E-state index is 0.0279. The molecule has 12 nitrogen and oxygen atoms in total. The van der Waals surface area contributed by atoms with E-state index in [1.165, 1.54) is 29.6 Å². The first-order valence-electron chi connectivity index (χ1n) is 9.87. The third kappa shape index (κ3) is 4.34. The molecule has 2 aliphatic rings. The molecule has 14 heteroatoms. The summed E-state index contributed by atoms with van der Waals surface area (Å²) < 4.78 is 70.6. The van der Waals surface area contributed by atoms with Crippen molar-refractivity contribution >= 4 is 25.7 Å². The molecule has 4 rings (SSSR count). The molecule has 0 bridgehead atoms. The Labute approximate surface area is 190 Å². The summed E-state index contributed by atoms with van der Waals surface area (Å²) in [5.41, 5.74) is -0.304. The number of benzene rings is 2. The lowest BCUT2D eigenvalue weighted by molar-refractivity contribution is -0.385. The summed E-state index contributed by atoms with van der Waals surface area (Å²) >= 11 is 0. The Hall–Kier alpha value is -2.94. The van der Waals surface area contributed by atoms with Crippen molar-refractivity contribution in [2.75, 3.05) is 46.5 Å². The number of piperazine rings is 1. The molecule has 0 saturated carbocycles. The first-order chi connectivity index (χ1) is 15.6. The highest BCUT2D eigenvalue weighted by molar-refractivity contribution is 7.89. The molecule has 0 amide bonds. The fraction of sp³-hybridized carbons (Fsp3) is 0.368.